The lowest BCUT2D eigenvalue weighted by Crippen LogP contribution is -2.67. The summed E-state index contributed by atoms with van der Waals surface area (Å²) in [6.45, 7) is 6.70. The number of carbonyl (C=O) groups excluding carboxylic acids is 2. The molecule has 0 bridgehead atoms. The maximum absolute atomic E-state index is 13.7. The van der Waals surface area contributed by atoms with Crippen molar-refractivity contribution in [3.63, 3.8) is 0 Å². The van der Waals surface area contributed by atoms with E-state index >= 15 is 0 Å². The van der Waals surface area contributed by atoms with Crippen LogP contribution >= 0.6 is 0 Å². The van der Waals surface area contributed by atoms with Crippen molar-refractivity contribution in [3.05, 3.63) is 39.4 Å². The number of nitro groups is 1. The first-order chi connectivity index (χ1) is 22.8. The minimum atomic E-state index is -0.455. The van der Waals surface area contributed by atoms with Gasteiger partial charge in [-0.1, -0.05) is 129 Å². The zero-order valence-electron chi connectivity index (χ0n) is 30.3. The number of hydrogen-bond donors (Lipinski definition) is 3. The smallest absolute Gasteiger partial charge is 0.278 e. The minimum Gasteiger partial charge on any atom is -0.358 e. The quantitative estimate of drug-likeness (QED) is 0.0429. The number of carbonyl (C=O) groups is 2. The lowest BCUT2D eigenvalue weighted by molar-refractivity contribution is -0.406. The molecule has 0 saturated carbocycles. The van der Waals surface area contributed by atoms with Crippen LogP contribution in [0.15, 0.2) is 18.2 Å². The molecule has 1 atom stereocenters. The highest BCUT2D eigenvalue weighted by Crippen LogP contribution is 2.22. The average molecular weight is 662 g/mol. The summed E-state index contributed by atoms with van der Waals surface area (Å²) in [5.41, 5.74) is 8.36. The van der Waals surface area contributed by atoms with Gasteiger partial charge in [0.2, 0.25) is 0 Å². The van der Waals surface area contributed by atoms with E-state index in [4.69, 9.17) is 0 Å². The Labute approximate surface area is 286 Å². The summed E-state index contributed by atoms with van der Waals surface area (Å²) in [6.07, 6.45) is 27.2. The molecule has 0 aliphatic heterocycles. The van der Waals surface area contributed by atoms with Crippen molar-refractivity contribution in [1.82, 2.24) is 10.2 Å². The normalized spacial score (nSPS) is 11.8. The fourth-order valence-electron chi connectivity index (χ4n) is 6.12. The maximum Gasteiger partial charge on any atom is 0.278 e. The van der Waals surface area contributed by atoms with E-state index in [0.29, 0.717) is 30.6 Å². The van der Waals surface area contributed by atoms with Crippen molar-refractivity contribution in [2.75, 3.05) is 19.6 Å². The van der Waals surface area contributed by atoms with Gasteiger partial charge in [-0.15, -0.1) is 0 Å². The summed E-state index contributed by atoms with van der Waals surface area (Å²) in [7, 11) is 0. The van der Waals surface area contributed by atoms with Crippen LogP contribution in [0.2, 0.25) is 0 Å². The van der Waals surface area contributed by atoms with Crippen LogP contribution in [0.25, 0.3) is 0 Å². The first kappa shape index (κ1) is 42.5. The molecule has 0 fully saturated rings. The summed E-state index contributed by atoms with van der Waals surface area (Å²) in [5.74, 6) is -0.360. The number of quaternary nitrogens is 2. The highest BCUT2D eigenvalue weighted by Gasteiger charge is 2.23. The van der Waals surface area contributed by atoms with Gasteiger partial charge < -0.3 is 21.7 Å². The molecular weight excluding hydrogens is 590 g/mol. The topological polar surface area (TPSA) is 148 Å². The molecule has 0 saturated heterocycles. The largest absolute Gasteiger partial charge is 0.358 e. The molecule has 0 spiro atoms. The van der Waals surface area contributed by atoms with Gasteiger partial charge in [0, 0.05) is 43.2 Å². The van der Waals surface area contributed by atoms with Crippen LogP contribution in [-0.4, -0.2) is 47.3 Å². The molecule has 9 nitrogen and oxygen atoms in total. The van der Waals surface area contributed by atoms with Gasteiger partial charge in [0.1, 0.15) is 0 Å². The van der Waals surface area contributed by atoms with Crippen molar-refractivity contribution in [1.29, 1.82) is 0 Å². The Bertz CT molecular complexity index is 949. The number of nitrogens with one attached hydrogen (secondary N) is 1. The second-order valence-corrected chi connectivity index (χ2v) is 13.5. The molecule has 1 rings (SSSR count). The fraction of sp³-hybridized carbons (Fsp3) is 0.789. The average Bonchev–Trinajstić information content (AvgIpc) is 3.07. The molecule has 1 unspecified atom stereocenters. The Morgan fingerprint density at radius 3 is 1.66 bits per heavy atom. The molecule has 0 aliphatic rings. The first-order valence-corrected chi connectivity index (χ1v) is 19.3. The molecule has 0 aromatic heterocycles. The standard InChI is InChI=1S/C38H69N5O4/c1-3-5-7-9-11-13-15-17-19-23-29-42(30-24-20-18-16-14-12-10-8-6-4-2)38(45)33-26-27-34(36(31-33)43(46)47)32-41-37(44)35(40)25-21-22-28-39/h26-27,31,35H,3-25,28-30,32,39-40H2,1-2H3,(H,41,44)/p+2. The van der Waals surface area contributed by atoms with Gasteiger partial charge >= 0.3 is 0 Å². The zero-order chi connectivity index (χ0) is 34.5. The van der Waals surface area contributed by atoms with Gasteiger partial charge in [-0.25, -0.2) is 0 Å². The number of hydrogen-bond acceptors (Lipinski definition) is 4. The maximum atomic E-state index is 13.7. The van der Waals surface area contributed by atoms with Crippen molar-refractivity contribution < 1.29 is 26.0 Å². The molecule has 47 heavy (non-hydrogen) atoms. The van der Waals surface area contributed by atoms with E-state index in [9.17, 15) is 19.7 Å². The number of nitrogens with zero attached hydrogens (tertiary/aromatic N) is 2. The summed E-state index contributed by atoms with van der Waals surface area (Å²) in [5, 5.41) is 14.8. The van der Waals surface area contributed by atoms with E-state index in [1.807, 2.05) is 4.90 Å². The molecule has 1 aromatic rings. The third-order valence-corrected chi connectivity index (χ3v) is 9.26. The predicted molar refractivity (Wildman–Crippen MR) is 193 cm³/mol. The van der Waals surface area contributed by atoms with Gasteiger partial charge in [-0.2, -0.15) is 0 Å². The molecule has 9 heteroatoms. The van der Waals surface area contributed by atoms with Gasteiger partial charge in [-0.05, 0) is 37.8 Å². The zero-order valence-corrected chi connectivity index (χ0v) is 30.3. The minimum absolute atomic E-state index is 0.0336. The Kier molecular flexibility index (Phi) is 25.8. The van der Waals surface area contributed by atoms with E-state index in [1.54, 1.807) is 12.1 Å². The third-order valence-electron chi connectivity index (χ3n) is 9.26. The molecule has 1 aromatic carbocycles. The molecule has 7 N–H and O–H groups in total. The van der Waals surface area contributed by atoms with Crippen LogP contribution in [0.4, 0.5) is 5.69 Å². The van der Waals surface area contributed by atoms with E-state index in [0.717, 1.165) is 45.1 Å². The Balaban J connectivity index is 2.74. The van der Waals surface area contributed by atoms with Crippen molar-refractivity contribution >= 4 is 17.5 Å². The first-order valence-electron chi connectivity index (χ1n) is 19.3. The number of rotatable bonds is 31. The summed E-state index contributed by atoms with van der Waals surface area (Å²) < 4.78 is 0. The Morgan fingerprint density at radius 2 is 1.21 bits per heavy atom. The summed E-state index contributed by atoms with van der Waals surface area (Å²) >= 11 is 0. The predicted octanol–water partition coefficient (Wildman–Crippen LogP) is 7.52. The molecule has 0 aliphatic carbocycles. The van der Waals surface area contributed by atoms with E-state index in [2.05, 4.69) is 30.6 Å². The van der Waals surface area contributed by atoms with Crippen molar-refractivity contribution in [2.45, 2.75) is 174 Å². The van der Waals surface area contributed by atoms with Crippen molar-refractivity contribution in [3.8, 4) is 0 Å². The highest BCUT2D eigenvalue weighted by atomic mass is 16.6. The monoisotopic (exact) mass is 662 g/mol. The molecule has 270 valence electrons. The SMILES string of the molecule is CCCCCCCCCCCCN(CCCCCCCCCCCC)C(=O)c1ccc(CNC(=O)C([NH3+])CCCC[NH3+])c([N+](=O)[O-])c1. The van der Waals surface area contributed by atoms with Crippen LogP contribution in [0.3, 0.4) is 0 Å². The Morgan fingerprint density at radius 1 is 0.745 bits per heavy atom. The van der Waals surface area contributed by atoms with Crippen LogP contribution in [0, 0.1) is 10.1 Å². The second kappa shape index (κ2) is 28.5. The van der Waals surface area contributed by atoms with E-state index < -0.39 is 11.0 Å². The van der Waals surface area contributed by atoms with Gasteiger partial charge in [0.05, 0.1) is 11.5 Å². The number of benzene rings is 1. The third kappa shape index (κ3) is 20.5. The second-order valence-electron chi connectivity index (χ2n) is 13.5. The highest BCUT2D eigenvalue weighted by molar-refractivity contribution is 5.95. The molecular formula is C38H71N5O4+2. The van der Waals surface area contributed by atoms with Gasteiger partial charge in [0.25, 0.3) is 17.5 Å². The summed E-state index contributed by atoms with van der Waals surface area (Å²) in [4.78, 5) is 39.7. The molecule has 2 amide bonds. The van der Waals surface area contributed by atoms with E-state index in [1.165, 1.54) is 109 Å². The van der Waals surface area contributed by atoms with Crippen LogP contribution < -0.4 is 16.8 Å². The van der Waals surface area contributed by atoms with Crippen LogP contribution in [0.1, 0.15) is 177 Å². The summed E-state index contributed by atoms with van der Waals surface area (Å²) in [6, 6.07) is 4.28. The molecule has 0 heterocycles. The number of nitro benzene ring substituents is 1. The van der Waals surface area contributed by atoms with Crippen LogP contribution in [0.5, 0.6) is 0 Å². The van der Waals surface area contributed by atoms with Crippen molar-refractivity contribution in [2.24, 2.45) is 0 Å². The Hall–Kier alpha value is -2.52. The lowest BCUT2D eigenvalue weighted by atomic mass is 10.0. The molecule has 0 radical (unpaired) electrons. The fourth-order valence-corrected chi connectivity index (χ4v) is 6.12. The van der Waals surface area contributed by atoms with Crippen LogP contribution in [-0.2, 0) is 11.3 Å². The lowest BCUT2D eigenvalue weighted by Gasteiger charge is -2.23. The van der Waals surface area contributed by atoms with E-state index in [-0.39, 0.29) is 24.0 Å². The number of unbranched alkanes of at least 4 members (excludes halogenated alkanes) is 19. The van der Waals surface area contributed by atoms with Gasteiger partial charge in [0.15, 0.2) is 6.04 Å². The number of amides is 2. The van der Waals surface area contributed by atoms with Gasteiger partial charge in [-0.3, -0.25) is 19.7 Å².